The smallest absolute Gasteiger partial charge is 0.229 e. The first kappa shape index (κ1) is 19.3. The number of hydrogen-bond acceptors (Lipinski definition) is 6. The van der Waals surface area contributed by atoms with Gasteiger partial charge in [-0.2, -0.15) is 0 Å². The van der Waals surface area contributed by atoms with E-state index in [-0.39, 0.29) is 24.2 Å². The molecule has 1 saturated heterocycles. The van der Waals surface area contributed by atoms with Gasteiger partial charge in [0.2, 0.25) is 11.8 Å². The largest absolute Gasteiger partial charge is 0.494 e. The molecule has 0 bridgehead atoms. The van der Waals surface area contributed by atoms with E-state index in [4.69, 9.17) is 4.74 Å². The molecule has 29 heavy (non-hydrogen) atoms. The molecule has 4 rings (SSSR count). The first-order valence-corrected chi connectivity index (χ1v) is 10.5. The molecule has 3 aromatic rings. The van der Waals surface area contributed by atoms with Gasteiger partial charge in [0, 0.05) is 31.9 Å². The number of carbonyl (C=O) groups excluding carboxylic acids is 2. The van der Waals surface area contributed by atoms with Crippen LogP contribution in [-0.4, -0.2) is 41.5 Å². The van der Waals surface area contributed by atoms with Crippen molar-refractivity contribution in [1.29, 1.82) is 0 Å². The molecular weight excluding hydrogens is 388 g/mol. The van der Waals surface area contributed by atoms with E-state index in [1.165, 1.54) is 11.3 Å². The zero-order valence-corrected chi connectivity index (χ0v) is 16.9. The van der Waals surface area contributed by atoms with E-state index in [1.54, 1.807) is 17.3 Å². The van der Waals surface area contributed by atoms with Crippen molar-refractivity contribution in [2.24, 2.45) is 5.92 Å². The molecule has 2 amide bonds. The molecule has 0 saturated carbocycles. The number of nitrogens with zero attached hydrogens (tertiary/aromatic N) is 3. The number of thiazole rings is 1. The minimum Gasteiger partial charge on any atom is -0.494 e. The average Bonchev–Trinajstić information content (AvgIpc) is 3.32. The van der Waals surface area contributed by atoms with E-state index >= 15 is 0 Å². The maximum absolute atomic E-state index is 12.5. The Labute approximate surface area is 172 Å². The highest BCUT2D eigenvalue weighted by Gasteiger charge is 2.36. The van der Waals surface area contributed by atoms with Crippen LogP contribution in [0, 0.1) is 5.92 Å². The minimum atomic E-state index is -0.356. The molecule has 0 aliphatic carbocycles. The van der Waals surface area contributed by atoms with E-state index in [0.717, 1.165) is 28.0 Å². The van der Waals surface area contributed by atoms with Crippen molar-refractivity contribution in [1.82, 2.24) is 15.3 Å². The Kier molecular flexibility index (Phi) is 5.71. The standard InChI is InChI=1S/C21H22N4O3S/c1-2-28-16-3-4-17-18(12-16)29-21(24-17)25-13-15(11-19(25)26)20(27)23-10-7-14-5-8-22-9-6-14/h3-6,8-9,12,15H,2,7,10-11,13H2,1H3,(H,23,27). The lowest BCUT2D eigenvalue weighted by Crippen LogP contribution is -2.34. The molecule has 1 aliphatic rings. The summed E-state index contributed by atoms with van der Waals surface area (Å²) >= 11 is 1.44. The summed E-state index contributed by atoms with van der Waals surface area (Å²) in [6, 6.07) is 9.56. The average molecular weight is 410 g/mol. The van der Waals surface area contributed by atoms with Crippen LogP contribution in [0.5, 0.6) is 5.75 Å². The van der Waals surface area contributed by atoms with Crippen LogP contribution in [0.1, 0.15) is 18.9 Å². The van der Waals surface area contributed by atoms with Crippen molar-refractivity contribution in [3.63, 3.8) is 0 Å². The number of rotatable bonds is 7. The Bertz CT molecular complexity index is 1020. The van der Waals surface area contributed by atoms with Crippen molar-refractivity contribution in [3.05, 3.63) is 48.3 Å². The number of hydrogen-bond donors (Lipinski definition) is 1. The summed E-state index contributed by atoms with van der Waals surface area (Å²) in [6.07, 6.45) is 4.42. The second kappa shape index (κ2) is 8.57. The van der Waals surface area contributed by atoms with Crippen LogP contribution in [0.15, 0.2) is 42.7 Å². The highest BCUT2D eigenvalue weighted by molar-refractivity contribution is 7.22. The predicted molar refractivity (Wildman–Crippen MR) is 112 cm³/mol. The van der Waals surface area contributed by atoms with E-state index in [1.807, 2.05) is 37.3 Å². The van der Waals surface area contributed by atoms with Crippen LogP contribution in [0.2, 0.25) is 0 Å². The molecule has 1 unspecified atom stereocenters. The Morgan fingerprint density at radius 2 is 2.14 bits per heavy atom. The third kappa shape index (κ3) is 4.37. The number of ether oxygens (including phenoxy) is 1. The first-order chi connectivity index (χ1) is 14.1. The van der Waals surface area contributed by atoms with Gasteiger partial charge in [-0.1, -0.05) is 11.3 Å². The summed E-state index contributed by atoms with van der Waals surface area (Å²) < 4.78 is 6.49. The van der Waals surface area contributed by atoms with Gasteiger partial charge >= 0.3 is 0 Å². The number of carbonyl (C=O) groups is 2. The summed E-state index contributed by atoms with van der Waals surface area (Å²) in [7, 11) is 0. The third-order valence-corrected chi connectivity index (χ3v) is 5.89. The molecular formula is C21H22N4O3S. The predicted octanol–water partition coefficient (Wildman–Crippen LogP) is 2.80. The summed E-state index contributed by atoms with van der Waals surface area (Å²) in [5, 5.41) is 3.57. The van der Waals surface area contributed by atoms with Gasteiger partial charge in [-0.15, -0.1) is 0 Å². The lowest BCUT2D eigenvalue weighted by atomic mass is 10.1. The van der Waals surface area contributed by atoms with Crippen molar-refractivity contribution >= 4 is 38.5 Å². The number of benzene rings is 1. The van der Waals surface area contributed by atoms with Gasteiger partial charge in [0.05, 0.1) is 22.7 Å². The molecule has 1 atom stereocenters. The number of anilines is 1. The van der Waals surface area contributed by atoms with Gasteiger partial charge < -0.3 is 10.1 Å². The molecule has 3 heterocycles. The van der Waals surface area contributed by atoms with E-state index < -0.39 is 0 Å². The molecule has 1 aliphatic heterocycles. The normalized spacial score (nSPS) is 16.4. The second-order valence-electron chi connectivity index (χ2n) is 6.86. The third-order valence-electron chi connectivity index (χ3n) is 4.85. The molecule has 0 spiro atoms. The molecule has 0 radical (unpaired) electrons. The number of fused-ring (bicyclic) bond motifs is 1. The second-order valence-corrected chi connectivity index (χ2v) is 7.87. The maximum atomic E-state index is 12.5. The van der Waals surface area contributed by atoms with Gasteiger partial charge in [0.1, 0.15) is 5.75 Å². The lowest BCUT2D eigenvalue weighted by molar-refractivity contribution is -0.126. The number of amides is 2. The minimum absolute atomic E-state index is 0.0663. The van der Waals surface area contributed by atoms with Crippen LogP contribution in [0.25, 0.3) is 10.2 Å². The van der Waals surface area contributed by atoms with E-state index in [0.29, 0.717) is 24.8 Å². The number of pyridine rings is 1. The molecule has 8 heteroatoms. The highest BCUT2D eigenvalue weighted by Crippen LogP contribution is 2.34. The van der Waals surface area contributed by atoms with Crippen LogP contribution in [0.4, 0.5) is 5.13 Å². The van der Waals surface area contributed by atoms with E-state index in [9.17, 15) is 9.59 Å². The van der Waals surface area contributed by atoms with Crippen LogP contribution in [-0.2, 0) is 16.0 Å². The molecule has 2 aromatic heterocycles. The van der Waals surface area contributed by atoms with Crippen molar-refractivity contribution in [3.8, 4) is 5.75 Å². The van der Waals surface area contributed by atoms with Crippen LogP contribution >= 0.6 is 11.3 Å². The first-order valence-electron chi connectivity index (χ1n) is 9.64. The molecule has 7 nitrogen and oxygen atoms in total. The highest BCUT2D eigenvalue weighted by atomic mass is 32.1. The Morgan fingerprint density at radius 3 is 2.93 bits per heavy atom. The van der Waals surface area contributed by atoms with Gasteiger partial charge in [0.15, 0.2) is 5.13 Å². The Hall–Kier alpha value is -3.00. The van der Waals surface area contributed by atoms with Gasteiger partial charge in [-0.3, -0.25) is 19.5 Å². The van der Waals surface area contributed by atoms with Crippen molar-refractivity contribution < 1.29 is 14.3 Å². The quantitative estimate of drug-likeness (QED) is 0.647. The van der Waals surface area contributed by atoms with Crippen molar-refractivity contribution in [2.75, 3.05) is 24.6 Å². The molecule has 150 valence electrons. The van der Waals surface area contributed by atoms with Gasteiger partial charge in [-0.05, 0) is 49.2 Å². The SMILES string of the molecule is CCOc1ccc2nc(N3CC(C(=O)NCCc4ccncc4)CC3=O)sc2c1. The van der Waals surface area contributed by atoms with Crippen LogP contribution in [0.3, 0.4) is 0 Å². The van der Waals surface area contributed by atoms with E-state index in [2.05, 4.69) is 15.3 Å². The Morgan fingerprint density at radius 1 is 1.31 bits per heavy atom. The summed E-state index contributed by atoms with van der Waals surface area (Å²) in [4.78, 5) is 35.2. The van der Waals surface area contributed by atoms with Crippen molar-refractivity contribution in [2.45, 2.75) is 19.8 Å². The lowest BCUT2D eigenvalue weighted by Gasteiger charge is -2.13. The van der Waals surface area contributed by atoms with Crippen LogP contribution < -0.4 is 15.0 Å². The topological polar surface area (TPSA) is 84.4 Å². The summed E-state index contributed by atoms with van der Waals surface area (Å²) in [5.41, 5.74) is 1.94. The summed E-state index contributed by atoms with van der Waals surface area (Å²) in [6.45, 7) is 3.43. The summed E-state index contributed by atoms with van der Waals surface area (Å²) in [5.74, 6) is 0.276. The fraction of sp³-hybridized carbons (Fsp3) is 0.333. The zero-order chi connectivity index (χ0) is 20.2. The molecule has 1 aromatic carbocycles. The monoisotopic (exact) mass is 410 g/mol. The maximum Gasteiger partial charge on any atom is 0.229 e. The number of aromatic nitrogens is 2. The zero-order valence-electron chi connectivity index (χ0n) is 16.1. The fourth-order valence-electron chi connectivity index (χ4n) is 3.36. The van der Waals surface area contributed by atoms with Gasteiger partial charge in [-0.25, -0.2) is 4.98 Å². The van der Waals surface area contributed by atoms with Gasteiger partial charge in [0.25, 0.3) is 0 Å². The molecule has 1 N–H and O–H groups in total. The fourth-order valence-corrected chi connectivity index (χ4v) is 4.38. The Balaban J connectivity index is 1.38. The number of nitrogens with one attached hydrogen (secondary N) is 1. The molecule has 1 fully saturated rings.